The molecule has 0 radical (unpaired) electrons. The molecule has 0 aromatic heterocycles. The minimum absolute atomic E-state index is 0.0141. The van der Waals surface area contributed by atoms with Crippen molar-refractivity contribution in [3.63, 3.8) is 0 Å². The lowest BCUT2D eigenvalue weighted by molar-refractivity contribution is -0.131. The van der Waals surface area contributed by atoms with Crippen LogP contribution >= 0.6 is 11.6 Å². The third-order valence-electron chi connectivity index (χ3n) is 5.14. The van der Waals surface area contributed by atoms with Gasteiger partial charge in [0.05, 0.1) is 11.4 Å². The second-order valence-corrected chi connectivity index (χ2v) is 9.68. The maximum absolute atomic E-state index is 12.8. The third kappa shape index (κ3) is 5.36. The number of likely N-dealkylation sites (N-methyl/N-ethyl adjacent to an activating group) is 1. The monoisotopic (exact) mass is 435 g/mol. The first-order valence-corrected chi connectivity index (χ1v) is 11.4. The molecule has 0 unspecified atom stereocenters. The molecule has 2 aromatic rings. The molecule has 2 aromatic carbocycles. The number of hydrogen-bond donors (Lipinski definition) is 0. The minimum Gasteiger partial charge on any atom is -0.340 e. The van der Waals surface area contributed by atoms with Gasteiger partial charge in [0.25, 0.3) is 0 Å². The molecule has 1 heterocycles. The van der Waals surface area contributed by atoms with Crippen LogP contribution in [0.1, 0.15) is 11.1 Å². The van der Waals surface area contributed by atoms with Crippen molar-refractivity contribution in [2.24, 2.45) is 0 Å². The van der Waals surface area contributed by atoms with Gasteiger partial charge in [0, 0.05) is 44.8 Å². The van der Waals surface area contributed by atoms with Gasteiger partial charge in [0.2, 0.25) is 15.9 Å². The lowest BCUT2D eigenvalue weighted by atomic mass is 10.2. The van der Waals surface area contributed by atoms with Crippen molar-refractivity contribution in [3.8, 4) is 0 Å². The Bertz CT molecular complexity index is 955. The number of aryl methyl sites for hydroxylation is 1. The summed E-state index contributed by atoms with van der Waals surface area (Å²) in [5, 5.41) is 0.641. The van der Waals surface area contributed by atoms with E-state index in [1.807, 2.05) is 36.1 Å². The molecule has 1 amide bonds. The first-order chi connectivity index (χ1) is 13.8. The Labute approximate surface area is 177 Å². The molecule has 0 spiro atoms. The van der Waals surface area contributed by atoms with Gasteiger partial charge in [-0.05, 0) is 30.7 Å². The van der Waals surface area contributed by atoms with E-state index in [-0.39, 0.29) is 12.5 Å². The molecule has 0 aliphatic carbocycles. The highest BCUT2D eigenvalue weighted by Gasteiger charge is 2.29. The Morgan fingerprint density at radius 3 is 2.28 bits per heavy atom. The van der Waals surface area contributed by atoms with E-state index in [0.717, 1.165) is 11.1 Å². The predicted molar refractivity (Wildman–Crippen MR) is 114 cm³/mol. The van der Waals surface area contributed by atoms with Crippen molar-refractivity contribution in [1.82, 2.24) is 14.1 Å². The number of amides is 1. The van der Waals surface area contributed by atoms with Crippen molar-refractivity contribution in [3.05, 3.63) is 64.7 Å². The van der Waals surface area contributed by atoms with Crippen LogP contribution in [0.25, 0.3) is 0 Å². The standard InChI is InChI=1S/C21H26ClN3O3S/c1-17-7-9-19(10-8-17)29(27,28)25-13-11-24(12-14-25)16-21(26)23(2)15-18-5-3-4-6-20(18)22/h3-10H,11-16H2,1-2H3. The third-order valence-corrected chi connectivity index (χ3v) is 7.42. The van der Waals surface area contributed by atoms with E-state index in [4.69, 9.17) is 11.6 Å². The molecule has 1 saturated heterocycles. The van der Waals surface area contributed by atoms with E-state index in [9.17, 15) is 13.2 Å². The number of hydrogen-bond acceptors (Lipinski definition) is 4. The molecule has 8 heteroatoms. The molecular weight excluding hydrogens is 410 g/mol. The van der Waals surface area contributed by atoms with Crippen molar-refractivity contribution in [2.75, 3.05) is 39.8 Å². The normalized spacial score (nSPS) is 16.0. The number of piperazine rings is 1. The molecule has 0 atom stereocenters. The number of rotatable bonds is 6. The highest BCUT2D eigenvalue weighted by molar-refractivity contribution is 7.89. The minimum atomic E-state index is -3.50. The Hall–Kier alpha value is -1.93. The number of sulfonamides is 1. The van der Waals surface area contributed by atoms with E-state index in [0.29, 0.717) is 42.6 Å². The zero-order valence-corrected chi connectivity index (χ0v) is 18.3. The topological polar surface area (TPSA) is 60.9 Å². The summed E-state index contributed by atoms with van der Waals surface area (Å²) < 4.78 is 27.1. The summed E-state index contributed by atoms with van der Waals surface area (Å²) in [6.07, 6.45) is 0. The van der Waals surface area contributed by atoms with Crippen LogP contribution in [0.5, 0.6) is 0 Å². The fourth-order valence-corrected chi connectivity index (χ4v) is 4.89. The largest absolute Gasteiger partial charge is 0.340 e. The van der Waals surface area contributed by atoms with Crippen LogP contribution in [0.15, 0.2) is 53.4 Å². The first-order valence-electron chi connectivity index (χ1n) is 9.54. The molecule has 3 rings (SSSR count). The molecule has 156 valence electrons. The van der Waals surface area contributed by atoms with Crippen molar-refractivity contribution in [2.45, 2.75) is 18.4 Å². The summed E-state index contributed by atoms with van der Waals surface area (Å²) in [5.41, 5.74) is 1.92. The number of halogens is 1. The summed E-state index contributed by atoms with van der Waals surface area (Å²) in [6.45, 7) is 4.43. The predicted octanol–water partition coefficient (Wildman–Crippen LogP) is 2.61. The fraction of sp³-hybridized carbons (Fsp3) is 0.381. The van der Waals surface area contributed by atoms with Crippen LogP contribution in [-0.4, -0.2) is 68.2 Å². The zero-order valence-electron chi connectivity index (χ0n) is 16.7. The smallest absolute Gasteiger partial charge is 0.243 e. The van der Waals surface area contributed by atoms with Gasteiger partial charge in [-0.25, -0.2) is 8.42 Å². The summed E-state index contributed by atoms with van der Waals surface area (Å²) in [7, 11) is -1.74. The molecule has 1 aliphatic heterocycles. The van der Waals surface area contributed by atoms with Gasteiger partial charge >= 0.3 is 0 Å². The lowest BCUT2D eigenvalue weighted by Crippen LogP contribution is -2.51. The second kappa shape index (κ2) is 9.26. The number of carbonyl (C=O) groups is 1. The van der Waals surface area contributed by atoms with Crippen LogP contribution in [-0.2, 0) is 21.4 Å². The van der Waals surface area contributed by atoms with Gasteiger partial charge < -0.3 is 4.90 Å². The molecule has 1 fully saturated rings. The Kier molecular flexibility index (Phi) is 6.95. The Balaban J connectivity index is 1.53. The molecule has 0 N–H and O–H groups in total. The van der Waals surface area contributed by atoms with Crippen LogP contribution in [0.3, 0.4) is 0 Å². The average Bonchev–Trinajstić information content (AvgIpc) is 2.70. The van der Waals surface area contributed by atoms with Gasteiger partial charge in [0.15, 0.2) is 0 Å². The lowest BCUT2D eigenvalue weighted by Gasteiger charge is -2.34. The Morgan fingerprint density at radius 1 is 1.03 bits per heavy atom. The molecule has 0 saturated carbocycles. The maximum Gasteiger partial charge on any atom is 0.243 e. The summed E-state index contributed by atoms with van der Waals surface area (Å²) in [4.78, 5) is 16.5. The number of benzene rings is 2. The first kappa shape index (κ1) is 21.8. The quantitative estimate of drug-likeness (QED) is 0.699. The van der Waals surface area contributed by atoms with Crippen molar-refractivity contribution >= 4 is 27.5 Å². The average molecular weight is 436 g/mol. The fourth-order valence-electron chi connectivity index (χ4n) is 3.27. The van der Waals surface area contributed by atoms with E-state index in [1.54, 1.807) is 36.2 Å². The molecule has 1 aliphatic rings. The SMILES string of the molecule is Cc1ccc(S(=O)(=O)N2CCN(CC(=O)N(C)Cc3ccccc3Cl)CC2)cc1. The van der Waals surface area contributed by atoms with Crippen molar-refractivity contribution in [1.29, 1.82) is 0 Å². The van der Waals surface area contributed by atoms with E-state index >= 15 is 0 Å². The molecular formula is C21H26ClN3O3S. The van der Waals surface area contributed by atoms with Crippen molar-refractivity contribution < 1.29 is 13.2 Å². The van der Waals surface area contributed by atoms with Gasteiger partial charge in [-0.1, -0.05) is 47.5 Å². The maximum atomic E-state index is 12.8. The van der Waals surface area contributed by atoms with Crippen LogP contribution in [0.2, 0.25) is 5.02 Å². The van der Waals surface area contributed by atoms with Gasteiger partial charge in [-0.2, -0.15) is 4.31 Å². The Morgan fingerprint density at radius 2 is 1.66 bits per heavy atom. The number of carbonyl (C=O) groups excluding carboxylic acids is 1. The molecule has 6 nitrogen and oxygen atoms in total. The van der Waals surface area contributed by atoms with Crippen LogP contribution in [0.4, 0.5) is 0 Å². The van der Waals surface area contributed by atoms with E-state index in [1.165, 1.54) is 4.31 Å². The molecule has 0 bridgehead atoms. The van der Waals surface area contributed by atoms with E-state index < -0.39 is 10.0 Å². The van der Waals surface area contributed by atoms with E-state index in [2.05, 4.69) is 0 Å². The highest BCUT2D eigenvalue weighted by Crippen LogP contribution is 2.19. The summed E-state index contributed by atoms with van der Waals surface area (Å²) in [5.74, 6) is -0.0141. The van der Waals surface area contributed by atoms with Gasteiger partial charge in [-0.15, -0.1) is 0 Å². The number of nitrogens with zero attached hydrogens (tertiary/aromatic N) is 3. The van der Waals surface area contributed by atoms with Crippen LogP contribution in [0, 0.1) is 6.92 Å². The zero-order chi connectivity index (χ0) is 21.0. The van der Waals surface area contributed by atoms with Gasteiger partial charge in [0.1, 0.15) is 0 Å². The molecule has 29 heavy (non-hydrogen) atoms. The van der Waals surface area contributed by atoms with Gasteiger partial charge in [-0.3, -0.25) is 9.69 Å². The second-order valence-electron chi connectivity index (χ2n) is 7.33. The van der Waals surface area contributed by atoms with Crippen LogP contribution < -0.4 is 0 Å². The summed E-state index contributed by atoms with van der Waals surface area (Å²) in [6, 6.07) is 14.4. The summed E-state index contributed by atoms with van der Waals surface area (Å²) >= 11 is 6.17. The highest BCUT2D eigenvalue weighted by atomic mass is 35.5.